The molecule has 1 fully saturated rings. The molecule has 1 unspecified atom stereocenters. The first-order valence-corrected chi connectivity index (χ1v) is 9.48. The van der Waals surface area contributed by atoms with Crippen LogP contribution in [0.3, 0.4) is 0 Å². The molecule has 24 heavy (non-hydrogen) atoms. The molecule has 2 aromatic rings. The van der Waals surface area contributed by atoms with Crippen molar-refractivity contribution >= 4 is 22.9 Å². The van der Waals surface area contributed by atoms with E-state index in [9.17, 15) is 4.79 Å². The molecule has 5 heteroatoms. The minimum absolute atomic E-state index is 0.0684. The van der Waals surface area contributed by atoms with E-state index >= 15 is 0 Å². The Morgan fingerprint density at radius 3 is 2.96 bits per heavy atom. The first-order chi connectivity index (χ1) is 11.8. The van der Waals surface area contributed by atoms with Gasteiger partial charge in [-0.05, 0) is 36.4 Å². The zero-order valence-electron chi connectivity index (χ0n) is 13.9. The molecule has 1 saturated carbocycles. The third kappa shape index (κ3) is 3.06. The summed E-state index contributed by atoms with van der Waals surface area (Å²) in [5.41, 5.74) is 2.24. The smallest absolute Gasteiger partial charge is 0.279 e. The van der Waals surface area contributed by atoms with Crippen LogP contribution in [-0.2, 0) is 11.2 Å². The van der Waals surface area contributed by atoms with Crippen LogP contribution in [0.15, 0.2) is 35.7 Å². The van der Waals surface area contributed by atoms with Gasteiger partial charge < -0.3 is 15.0 Å². The van der Waals surface area contributed by atoms with Gasteiger partial charge in [-0.25, -0.2) is 0 Å². The largest absolute Gasteiger partial charge is 0.495 e. The van der Waals surface area contributed by atoms with E-state index in [0.29, 0.717) is 18.3 Å². The summed E-state index contributed by atoms with van der Waals surface area (Å²) in [6.45, 7) is 1.57. The molecule has 126 valence electrons. The fraction of sp³-hybridized carbons (Fsp3) is 0.421. The Kier molecular flexibility index (Phi) is 4.29. The Hall–Kier alpha value is -1.85. The number of methoxy groups -OCH3 is 1. The van der Waals surface area contributed by atoms with Crippen LogP contribution in [0.5, 0.6) is 5.75 Å². The molecule has 0 bridgehead atoms. The predicted molar refractivity (Wildman–Crippen MR) is 95.8 cm³/mol. The lowest BCUT2D eigenvalue weighted by molar-refractivity contribution is -0.928. The molecule has 1 aromatic heterocycles. The summed E-state index contributed by atoms with van der Waals surface area (Å²) in [5.74, 6) is 1.53. The fourth-order valence-electron chi connectivity index (χ4n) is 3.84. The van der Waals surface area contributed by atoms with Crippen LogP contribution in [0.1, 0.15) is 29.3 Å². The molecule has 0 radical (unpaired) electrons. The molecular weight excluding hydrogens is 320 g/mol. The van der Waals surface area contributed by atoms with E-state index in [2.05, 4.69) is 16.8 Å². The van der Waals surface area contributed by atoms with Gasteiger partial charge >= 0.3 is 0 Å². The number of fused-ring (bicyclic) bond motifs is 1. The number of hydrogen-bond acceptors (Lipinski definition) is 3. The first-order valence-electron chi connectivity index (χ1n) is 8.60. The standard InChI is InChI=1S/C19H22N2O2S/c1-23-16-5-3-2-4-15(16)20-18(22)12-21-10-8-17-14(9-11-24-17)19(21)13-6-7-13/h2-5,9,11,13,19H,6-8,10,12H2,1H3,(H,20,22)/p+1/t19-/m0/s1. The molecule has 0 saturated heterocycles. The molecule has 1 amide bonds. The summed E-state index contributed by atoms with van der Waals surface area (Å²) in [4.78, 5) is 15.5. The fourth-order valence-corrected chi connectivity index (χ4v) is 4.77. The summed E-state index contributed by atoms with van der Waals surface area (Å²) in [5, 5.41) is 5.23. The highest BCUT2D eigenvalue weighted by atomic mass is 32.1. The first kappa shape index (κ1) is 15.7. The number of benzene rings is 1. The second-order valence-corrected chi connectivity index (χ2v) is 7.70. The van der Waals surface area contributed by atoms with Crippen LogP contribution >= 0.6 is 11.3 Å². The number of ether oxygens (including phenoxy) is 1. The third-order valence-electron chi connectivity index (χ3n) is 5.09. The summed E-state index contributed by atoms with van der Waals surface area (Å²) >= 11 is 1.87. The highest BCUT2D eigenvalue weighted by Gasteiger charge is 2.43. The Labute approximate surface area is 146 Å². The van der Waals surface area contributed by atoms with E-state index < -0.39 is 0 Å². The van der Waals surface area contributed by atoms with Crippen LogP contribution in [-0.4, -0.2) is 26.1 Å². The van der Waals surface area contributed by atoms with E-state index in [1.54, 1.807) is 7.11 Å². The highest BCUT2D eigenvalue weighted by molar-refractivity contribution is 7.10. The third-order valence-corrected chi connectivity index (χ3v) is 6.09. The van der Waals surface area contributed by atoms with Crippen LogP contribution in [0.2, 0.25) is 0 Å². The molecule has 0 spiro atoms. The number of rotatable bonds is 5. The normalized spacial score (nSPS) is 22.7. The van der Waals surface area contributed by atoms with Gasteiger partial charge in [-0.2, -0.15) is 0 Å². The minimum Gasteiger partial charge on any atom is -0.495 e. The van der Waals surface area contributed by atoms with Crippen molar-refractivity contribution < 1.29 is 14.4 Å². The Morgan fingerprint density at radius 2 is 2.17 bits per heavy atom. The van der Waals surface area contributed by atoms with Crippen LogP contribution in [0, 0.1) is 5.92 Å². The summed E-state index contributed by atoms with van der Waals surface area (Å²) in [7, 11) is 1.63. The molecule has 2 aliphatic rings. The van der Waals surface area contributed by atoms with Crippen molar-refractivity contribution in [3.05, 3.63) is 46.2 Å². The van der Waals surface area contributed by atoms with Gasteiger partial charge in [0.05, 0.1) is 19.3 Å². The topological polar surface area (TPSA) is 42.8 Å². The predicted octanol–water partition coefficient (Wildman–Crippen LogP) is 2.29. The second-order valence-electron chi connectivity index (χ2n) is 6.70. The molecule has 1 aliphatic carbocycles. The van der Waals surface area contributed by atoms with Crippen LogP contribution in [0.4, 0.5) is 5.69 Å². The van der Waals surface area contributed by atoms with Gasteiger partial charge in [0, 0.05) is 22.8 Å². The summed E-state index contributed by atoms with van der Waals surface area (Å²) in [6.07, 6.45) is 3.70. The average molecular weight is 343 g/mol. The molecule has 4 nitrogen and oxygen atoms in total. The number of quaternary nitrogens is 1. The van der Waals surface area contributed by atoms with Crippen LogP contribution in [0.25, 0.3) is 0 Å². The monoisotopic (exact) mass is 343 g/mol. The number of carbonyl (C=O) groups is 1. The van der Waals surface area contributed by atoms with Crippen LogP contribution < -0.4 is 15.0 Å². The lowest BCUT2D eigenvalue weighted by atomic mass is 9.96. The maximum atomic E-state index is 12.6. The van der Waals surface area contributed by atoms with Gasteiger partial charge in [-0.3, -0.25) is 4.79 Å². The van der Waals surface area contributed by atoms with E-state index in [1.807, 2.05) is 35.6 Å². The molecule has 2 atom stereocenters. The maximum absolute atomic E-state index is 12.6. The van der Waals surface area contributed by atoms with Gasteiger partial charge in [0.2, 0.25) is 0 Å². The van der Waals surface area contributed by atoms with Crippen molar-refractivity contribution in [3.8, 4) is 5.75 Å². The van der Waals surface area contributed by atoms with Gasteiger partial charge in [0.25, 0.3) is 5.91 Å². The number of carbonyl (C=O) groups excluding carboxylic acids is 1. The zero-order chi connectivity index (χ0) is 16.5. The average Bonchev–Trinajstić information content (AvgIpc) is 3.31. The second kappa shape index (κ2) is 6.57. The number of amides is 1. The Balaban J connectivity index is 1.47. The number of nitrogens with one attached hydrogen (secondary N) is 2. The van der Waals surface area contributed by atoms with Crippen molar-refractivity contribution in [1.29, 1.82) is 0 Å². The minimum atomic E-state index is 0.0684. The zero-order valence-corrected chi connectivity index (χ0v) is 14.7. The number of anilines is 1. The molecule has 1 aromatic carbocycles. The van der Waals surface area contributed by atoms with Crippen molar-refractivity contribution in [2.75, 3.05) is 25.5 Å². The van der Waals surface area contributed by atoms with Gasteiger partial charge in [-0.15, -0.1) is 11.3 Å². The number of thiophene rings is 1. The molecule has 2 N–H and O–H groups in total. The van der Waals surface area contributed by atoms with E-state index in [4.69, 9.17) is 4.74 Å². The molecule has 4 rings (SSSR count). The number of para-hydroxylation sites is 2. The Morgan fingerprint density at radius 1 is 1.33 bits per heavy atom. The van der Waals surface area contributed by atoms with Gasteiger partial charge in [-0.1, -0.05) is 12.1 Å². The Bertz CT molecular complexity index is 738. The maximum Gasteiger partial charge on any atom is 0.279 e. The van der Waals surface area contributed by atoms with Crippen molar-refractivity contribution in [3.63, 3.8) is 0 Å². The summed E-state index contributed by atoms with van der Waals surface area (Å²) < 4.78 is 5.32. The molecular formula is C19H23N2O2S+. The number of hydrogen-bond donors (Lipinski definition) is 2. The quantitative estimate of drug-likeness (QED) is 0.875. The van der Waals surface area contributed by atoms with Gasteiger partial charge in [0.1, 0.15) is 11.8 Å². The van der Waals surface area contributed by atoms with E-state index in [1.165, 1.54) is 28.2 Å². The van der Waals surface area contributed by atoms with E-state index in [-0.39, 0.29) is 5.91 Å². The lowest BCUT2D eigenvalue weighted by Crippen LogP contribution is -3.14. The molecule has 1 aliphatic heterocycles. The van der Waals surface area contributed by atoms with Crippen molar-refractivity contribution in [2.45, 2.75) is 25.3 Å². The SMILES string of the molecule is COc1ccccc1NC(=O)C[NH+]1CCc2sccc2[C@@H]1C1CC1. The van der Waals surface area contributed by atoms with Crippen molar-refractivity contribution in [1.82, 2.24) is 0 Å². The summed E-state index contributed by atoms with van der Waals surface area (Å²) in [6, 6.07) is 10.4. The molecule has 2 heterocycles. The van der Waals surface area contributed by atoms with Gasteiger partial charge in [0.15, 0.2) is 6.54 Å². The highest BCUT2D eigenvalue weighted by Crippen LogP contribution is 2.42. The van der Waals surface area contributed by atoms with Crippen molar-refractivity contribution in [2.24, 2.45) is 5.92 Å². The lowest BCUT2D eigenvalue weighted by Gasteiger charge is -2.32. The van der Waals surface area contributed by atoms with E-state index in [0.717, 1.165) is 24.6 Å².